The monoisotopic (exact) mass is 345 g/mol. The topological polar surface area (TPSA) is 85.8 Å². The molecule has 3 rings (SSSR count). The predicted molar refractivity (Wildman–Crippen MR) is 88.2 cm³/mol. The molecular weight excluding hydrogens is 330 g/mol. The molecule has 2 aromatic heterocycles. The maximum atomic E-state index is 12.3. The summed E-state index contributed by atoms with van der Waals surface area (Å²) in [5.74, 6) is 0.598. The SMILES string of the molecule is C[C@H](C(=O)N[C@H](C)c1nc(-c2ccc(Cl)cc2)no1)n1cccn1. The molecule has 0 fully saturated rings. The fraction of sp³-hybridized carbons (Fsp3) is 0.250. The summed E-state index contributed by atoms with van der Waals surface area (Å²) in [7, 11) is 0. The van der Waals surface area contributed by atoms with Crippen LogP contribution in [-0.2, 0) is 4.79 Å². The van der Waals surface area contributed by atoms with Gasteiger partial charge in [0.15, 0.2) is 0 Å². The van der Waals surface area contributed by atoms with E-state index < -0.39 is 12.1 Å². The van der Waals surface area contributed by atoms with Crippen molar-refractivity contribution in [2.45, 2.75) is 25.9 Å². The summed E-state index contributed by atoms with van der Waals surface area (Å²) < 4.78 is 6.83. The van der Waals surface area contributed by atoms with E-state index in [-0.39, 0.29) is 5.91 Å². The van der Waals surface area contributed by atoms with E-state index >= 15 is 0 Å². The first-order valence-electron chi connectivity index (χ1n) is 7.43. The minimum Gasteiger partial charge on any atom is -0.343 e. The number of nitrogens with zero attached hydrogens (tertiary/aromatic N) is 4. The largest absolute Gasteiger partial charge is 0.343 e. The third-order valence-corrected chi connectivity index (χ3v) is 3.83. The average molecular weight is 346 g/mol. The molecule has 0 saturated heterocycles. The third kappa shape index (κ3) is 3.46. The van der Waals surface area contributed by atoms with E-state index in [1.165, 1.54) is 0 Å². The van der Waals surface area contributed by atoms with Crippen molar-refractivity contribution < 1.29 is 9.32 Å². The van der Waals surface area contributed by atoms with Crippen LogP contribution in [0.1, 0.15) is 31.8 Å². The van der Waals surface area contributed by atoms with Crippen molar-refractivity contribution in [3.63, 3.8) is 0 Å². The Balaban J connectivity index is 1.68. The van der Waals surface area contributed by atoms with Crippen LogP contribution in [0, 0.1) is 0 Å². The lowest BCUT2D eigenvalue weighted by atomic mass is 10.2. The number of carbonyl (C=O) groups excluding carboxylic acids is 1. The van der Waals surface area contributed by atoms with Crippen molar-refractivity contribution in [2.75, 3.05) is 0 Å². The van der Waals surface area contributed by atoms with Crippen LogP contribution in [-0.4, -0.2) is 25.8 Å². The number of halogens is 1. The number of hydrogen-bond acceptors (Lipinski definition) is 5. The summed E-state index contributed by atoms with van der Waals surface area (Å²) >= 11 is 5.87. The molecule has 1 amide bonds. The first-order chi connectivity index (χ1) is 11.5. The molecule has 1 N–H and O–H groups in total. The van der Waals surface area contributed by atoms with Crippen molar-refractivity contribution in [3.05, 3.63) is 53.6 Å². The standard InChI is InChI=1S/C16H16ClN5O2/c1-10(19-15(23)11(2)22-9-3-8-18-22)16-20-14(21-24-16)12-4-6-13(17)7-5-12/h3-11H,1-2H3,(H,19,23)/t10-,11-/m1/s1. The van der Waals surface area contributed by atoms with Gasteiger partial charge in [-0.15, -0.1) is 0 Å². The molecule has 0 bridgehead atoms. The van der Waals surface area contributed by atoms with E-state index in [0.29, 0.717) is 16.7 Å². The van der Waals surface area contributed by atoms with Crippen LogP contribution in [0.4, 0.5) is 0 Å². The Hall–Kier alpha value is -2.67. The Morgan fingerprint density at radius 1 is 1.29 bits per heavy atom. The molecule has 0 aliphatic carbocycles. The molecule has 0 unspecified atom stereocenters. The summed E-state index contributed by atoms with van der Waals surface area (Å²) in [4.78, 5) is 16.6. The molecule has 0 aliphatic rings. The molecule has 0 saturated carbocycles. The average Bonchev–Trinajstić information content (AvgIpc) is 3.26. The zero-order valence-corrected chi connectivity index (χ0v) is 13.9. The van der Waals surface area contributed by atoms with Crippen LogP contribution >= 0.6 is 11.6 Å². The van der Waals surface area contributed by atoms with E-state index in [2.05, 4.69) is 20.6 Å². The Morgan fingerprint density at radius 3 is 2.71 bits per heavy atom. The molecule has 2 atom stereocenters. The second-order valence-corrected chi connectivity index (χ2v) is 5.79. The molecular formula is C16H16ClN5O2. The van der Waals surface area contributed by atoms with Crippen molar-refractivity contribution in [1.82, 2.24) is 25.2 Å². The third-order valence-electron chi connectivity index (χ3n) is 3.57. The number of carbonyl (C=O) groups is 1. The van der Waals surface area contributed by atoms with Gasteiger partial charge in [-0.3, -0.25) is 9.48 Å². The van der Waals surface area contributed by atoms with Crippen molar-refractivity contribution in [3.8, 4) is 11.4 Å². The Labute approximate surface area is 143 Å². The number of benzene rings is 1. The number of rotatable bonds is 5. The van der Waals surface area contributed by atoms with E-state index in [1.807, 2.05) is 0 Å². The minimum atomic E-state index is -0.430. The molecule has 7 nitrogen and oxygen atoms in total. The second kappa shape index (κ2) is 6.84. The van der Waals surface area contributed by atoms with E-state index in [9.17, 15) is 4.79 Å². The van der Waals surface area contributed by atoms with Gasteiger partial charge in [0.1, 0.15) is 12.1 Å². The number of nitrogens with one attached hydrogen (secondary N) is 1. The van der Waals surface area contributed by atoms with Gasteiger partial charge in [0.2, 0.25) is 17.6 Å². The molecule has 124 valence electrons. The van der Waals surface area contributed by atoms with E-state index in [1.54, 1.807) is 61.3 Å². The van der Waals surface area contributed by atoms with Crippen molar-refractivity contribution >= 4 is 17.5 Å². The molecule has 24 heavy (non-hydrogen) atoms. The van der Waals surface area contributed by atoms with E-state index in [4.69, 9.17) is 16.1 Å². The first kappa shape index (κ1) is 16.2. The molecule has 3 aromatic rings. The lowest BCUT2D eigenvalue weighted by Gasteiger charge is -2.15. The molecule has 0 spiro atoms. The molecule has 8 heteroatoms. The fourth-order valence-electron chi connectivity index (χ4n) is 2.15. The van der Waals surface area contributed by atoms with Gasteiger partial charge in [0.05, 0.1) is 0 Å². The van der Waals surface area contributed by atoms with Gasteiger partial charge in [-0.2, -0.15) is 10.1 Å². The minimum absolute atomic E-state index is 0.183. The van der Waals surface area contributed by atoms with Gasteiger partial charge >= 0.3 is 0 Å². The lowest BCUT2D eigenvalue weighted by molar-refractivity contribution is -0.125. The Morgan fingerprint density at radius 2 is 2.04 bits per heavy atom. The number of amides is 1. The summed E-state index contributed by atoms with van der Waals surface area (Å²) in [6, 6.07) is 8.04. The number of aromatic nitrogens is 4. The van der Waals surface area contributed by atoms with Gasteiger partial charge in [-0.1, -0.05) is 16.8 Å². The zero-order valence-electron chi connectivity index (χ0n) is 13.2. The molecule has 2 heterocycles. The fourth-order valence-corrected chi connectivity index (χ4v) is 2.28. The van der Waals surface area contributed by atoms with Crippen LogP contribution in [0.25, 0.3) is 11.4 Å². The molecule has 1 aromatic carbocycles. The first-order valence-corrected chi connectivity index (χ1v) is 7.81. The van der Waals surface area contributed by atoms with E-state index in [0.717, 1.165) is 5.56 Å². The molecule has 0 aliphatic heterocycles. The van der Waals surface area contributed by atoms with Gasteiger partial charge in [-0.25, -0.2) is 0 Å². The van der Waals surface area contributed by atoms with Crippen LogP contribution in [0.5, 0.6) is 0 Å². The van der Waals surface area contributed by atoms with Crippen LogP contribution in [0.3, 0.4) is 0 Å². The number of hydrogen-bond donors (Lipinski definition) is 1. The summed E-state index contributed by atoms with van der Waals surface area (Å²) in [5, 5.41) is 11.5. The summed E-state index contributed by atoms with van der Waals surface area (Å²) in [5.41, 5.74) is 0.790. The summed E-state index contributed by atoms with van der Waals surface area (Å²) in [6.07, 6.45) is 3.36. The maximum absolute atomic E-state index is 12.3. The van der Waals surface area contributed by atoms with Crippen molar-refractivity contribution in [1.29, 1.82) is 0 Å². The Bertz CT molecular complexity index is 813. The highest BCUT2D eigenvalue weighted by atomic mass is 35.5. The highest BCUT2D eigenvalue weighted by Crippen LogP contribution is 2.21. The summed E-state index contributed by atoms with van der Waals surface area (Å²) in [6.45, 7) is 3.55. The van der Waals surface area contributed by atoms with Crippen LogP contribution < -0.4 is 5.32 Å². The normalized spacial score (nSPS) is 13.5. The van der Waals surface area contributed by atoms with Gasteiger partial charge in [-0.05, 0) is 44.2 Å². The van der Waals surface area contributed by atoms with Crippen LogP contribution in [0.15, 0.2) is 47.2 Å². The quantitative estimate of drug-likeness (QED) is 0.768. The van der Waals surface area contributed by atoms with Gasteiger partial charge < -0.3 is 9.84 Å². The Kier molecular flexibility index (Phi) is 4.61. The second-order valence-electron chi connectivity index (χ2n) is 5.36. The smallest absolute Gasteiger partial charge is 0.249 e. The van der Waals surface area contributed by atoms with Gasteiger partial charge in [0, 0.05) is 23.0 Å². The highest BCUT2D eigenvalue weighted by molar-refractivity contribution is 6.30. The maximum Gasteiger partial charge on any atom is 0.249 e. The van der Waals surface area contributed by atoms with Gasteiger partial charge in [0.25, 0.3) is 0 Å². The van der Waals surface area contributed by atoms with Crippen molar-refractivity contribution in [2.24, 2.45) is 0 Å². The molecule has 0 radical (unpaired) electrons. The zero-order chi connectivity index (χ0) is 17.1. The highest BCUT2D eigenvalue weighted by Gasteiger charge is 2.21. The van der Waals surface area contributed by atoms with Crippen LogP contribution in [0.2, 0.25) is 5.02 Å². The predicted octanol–water partition coefficient (Wildman–Crippen LogP) is 3.02. The lowest BCUT2D eigenvalue weighted by Crippen LogP contribution is -2.33.